The number of benzene rings is 1. The number of carbonyl (C=O) groups is 1. The molecule has 0 atom stereocenters. The molecular weight excluding hydrogens is 308 g/mol. The number of rotatable bonds is 4. The predicted molar refractivity (Wildman–Crippen MR) is 88.9 cm³/mol. The van der Waals surface area contributed by atoms with Crippen LogP contribution in [0.25, 0.3) is 0 Å². The zero-order valence-corrected chi connectivity index (χ0v) is 13.8. The quantitative estimate of drug-likeness (QED) is 0.932. The summed E-state index contributed by atoms with van der Waals surface area (Å²) in [6, 6.07) is 9.84. The van der Waals surface area contributed by atoms with Crippen LogP contribution in [0.5, 0.6) is 0 Å². The molecule has 1 aliphatic rings. The lowest BCUT2D eigenvalue weighted by atomic mass is 9.87. The highest BCUT2D eigenvalue weighted by Gasteiger charge is 2.41. The van der Waals surface area contributed by atoms with Crippen molar-refractivity contribution in [3.63, 3.8) is 0 Å². The van der Waals surface area contributed by atoms with E-state index in [1.54, 1.807) is 18.0 Å². The molecule has 1 saturated carbocycles. The molecule has 1 fully saturated rings. The minimum atomic E-state index is -0.847. The first-order chi connectivity index (χ1) is 11.1. The van der Waals surface area contributed by atoms with Gasteiger partial charge in [0.05, 0.1) is 6.07 Å². The summed E-state index contributed by atoms with van der Waals surface area (Å²) in [5.74, 6) is -0.179. The summed E-state index contributed by atoms with van der Waals surface area (Å²) >= 11 is 1.56. The van der Waals surface area contributed by atoms with Crippen molar-refractivity contribution in [3.8, 4) is 6.07 Å². The van der Waals surface area contributed by atoms with E-state index >= 15 is 0 Å². The largest absolute Gasteiger partial charge is 0.329 e. The van der Waals surface area contributed by atoms with Crippen LogP contribution in [0.3, 0.4) is 0 Å². The second-order valence-corrected chi connectivity index (χ2v) is 6.84. The summed E-state index contributed by atoms with van der Waals surface area (Å²) in [5, 5.41) is 13.2. The Kier molecular flexibility index (Phi) is 4.39. The molecule has 2 aromatic rings. The number of aryl methyl sites for hydroxylation is 1. The molecule has 1 aromatic carbocycles. The second-order valence-electron chi connectivity index (χ2n) is 5.80. The lowest BCUT2D eigenvalue weighted by molar-refractivity contribution is -0.122. The number of amides is 1. The van der Waals surface area contributed by atoms with Crippen LogP contribution in [0, 0.1) is 16.7 Å². The maximum absolute atomic E-state index is 12.4. The van der Waals surface area contributed by atoms with E-state index in [1.165, 1.54) is 0 Å². The van der Waals surface area contributed by atoms with E-state index in [1.807, 2.05) is 42.1 Å². The standard InChI is InChI=1S/C17H18N4OS/c1-21-11-10-19-16(21)23-14-6-4-13(5-7-14)20-15(22)17(12-18)8-2-3-9-17/h4-7,10-11H,2-3,8-9H2,1H3,(H,20,22). The van der Waals surface area contributed by atoms with Gasteiger partial charge in [0.15, 0.2) is 5.16 Å². The van der Waals surface area contributed by atoms with E-state index in [0.29, 0.717) is 12.8 Å². The summed E-state index contributed by atoms with van der Waals surface area (Å²) in [6.07, 6.45) is 6.87. The number of nitrogens with zero attached hydrogens (tertiary/aromatic N) is 3. The van der Waals surface area contributed by atoms with Crippen molar-refractivity contribution in [1.82, 2.24) is 9.55 Å². The molecule has 23 heavy (non-hydrogen) atoms. The van der Waals surface area contributed by atoms with Crippen LogP contribution < -0.4 is 5.32 Å². The molecule has 1 amide bonds. The van der Waals surface area contributed by atoms with Crippen molar-refractivity contribution >= 4 is 23.4 Å². The Bertz CT molecular complexity index is 739. The topological polar surface area (TPSA) is 70.7 Å². The fourth-order valence-electron chi connectivity index (χ4n) is 2.78. The molecule has 1 aliphatic carbocycles. The van der Waals surface area contributed by atoms with Crippen molar-refractivity contribution in [3.05, 3.63) is 36.7 Å². The Hall–Kier alpha value is -2.26. The van der Waals surface area contributed by atoms with Gasteiger partial charge in [-0.05, 0) is 37.1 Å². The molecule has 0 radical (unpaired) electrons. The Morgan fingerprint density at radius 1 is 1.35 bits per heavy atom. The maximum atomic E-state index is 12.4. The van der Waals surface area contributed by atoms with Gasteiger partial charge in [-0.15, -0.1) is 0 Å². The zero-order chi connectivity index (χ0) is 16.3. The molecule has 1 aromatic heterocycles. The predicted octanol–water partition coefficient (Wildman–Crippen LogP) is 3.59. The van der Waals surface area contributed by atoms with Crippen LogP contribution in [0.2, 0.25) is 0 Å². The number of nitrogens with one attached hydrogen (secondary N) is 1. The molecule has 1 heterocycles. The van der Waals surface area contributed by atoms with Gasteiger partial charge in [-0.1, -0.05) is 24.6 Å². The van der Waals surface area contributed by atoms with E-state index in [9.17, 15) is 10.1 Å². The first kappa shape index (κ1) is 15.6. The van der Waals surface area contributed by atoms with Crippen LogP contribution >= 0.6 is 11.8 Å². The van der Waals surface area contributed by atoms with Gasteiger partial charge in [0.1, 0.15) is 5.41 Å². The van der Waals surface area contributed by atoms with Crippen molar-refractivity contribution < 1.29 is 4.79 Å². The van der Waals surface area contributed by atoms with E-state index in [4.69, 9.17) is 0 Å². The van der Waals surface area contributed by atoms with Crippen LogP contribution in [0.1, 0.15) is 25.7 Å². The summed E-state index contributed by atoms with van der Waals surface area (Å²) in [4.78, 5) is 17.7. The Balaban J connectivity index is 1.67. The molecule has 0 spiro atoms. The molecule has 5 nitrogen and oxygen atoms in total. The summed E-state index contributed by atoms with van der Waals surface area (Å²) in [7, 11) is 1.95. The molecule has 118 valence electrons. The average molecular weight is 326 g/mol. The summed E-state index contributed by atoms with van der Waals surface area (Å²) in [6.45, 7) is 0. The van der Waals surface area contributed by atoms with E-state index in [2.05, 4.69) is 16.4 Å². The number of imidazole rings is 1. The second kappa shape index (κ2) is 6.47. The van der Waals surface area contributed by atoms with Gasteiger partial charge in [-0.3, -0.25) is 4.79 Å². The van der Waals surface area contributed by atoms with Crippen molar-refractivity contribution in [2.24, 2.45) is 12.5 Å². The van der Waals surface area contributed by atoms with Crippen molar-refractivity contribution in [2.45, 2.75) is 35.7 Å². The maximum Gasteiger partial charge on any atom is 0.244 e. The zero-order valence-electron chi connectivity index (χ0n) is 13.0. The lowest BCUT2D eigenvalue weighted by Gasteiger charge is -2.19. The average Bonchev–Trinajstić information content (AvgIpc) is 3.20. The van der Waals surface area contributed by atoms with Crippen LogP contribution in [0.4, 0.5) is 5.69 Å². The van der Waals surface area contributed by atoms with Crippen LogP contribution in [0.15, 0.2) is 46.7 Å². The smallest absolute Gasteiger partial charge is 0.244 e. The van der Waals surface area contributed by atoms with Crippen LogP contribution in [-0.4, -0.2) is 15.5 Å². The van der Waals surface area contributed by atoms with Gasteiger partial charge in [0.25, 0.3) is 0 Å². The fourth-order valence-corrected chi connectivity index (χ4v) is 3.58. The molecule has 1 N–H and O–H groups in total. The number of aromatic nitrogens is 2. The third-order valence-electron chi connectivity index (χ3n) is 4.20. The minimum absolute atomic E-state index is 0.179. The first-order valence-electron chi connectivity index (χ1n) is 7.61. The van der Waals surface area contributed by atoms with Crippen LogP contribution in [-0.2, 0) is 11.8 Å². The summed E-state index contributed by atoms with van der Waals surface area (Å²) < 4.78 is 1.96. The van der Waals surface area contributed by atoms with Gasteiger partial charge < -0.3 is 9.88 Å². The van der Waals surface area contributed by atoms with Crippen molar-refractivity contribution in [1.29, 1.82) is 5.26 Å². The van der Waals surface area contributed by atoms with E-state index in [-0.39, 0.29) is 5.91 Å². The fraction of sp³-hybridized carbons (Fsp3) is 0.353. The molecule has 0 unspecified atom stereocenters. The van der Waals surface area contributed by atoms with Gasteiger partial charge in [0, 0.05) is 30.0 Å². The monoisotopic (exact) mass is 326 g/mol. The normalized spacial score (nSPS) is 16.0. The summed E-state index contributed by atoms with van der Waals surface area (Å²) in [5.41, 5.74) is -0.124. The number of hydrogen-bond donors (Lipinski definition) is 1. The highest BCUT2D eigenvalue weighted by molar-refractivity contribution is 7.99. The lowest BCUT2D eigenvalue weighted by Crippen LogP contribution is -2.32. The highest BCUT2D eigenvalue weighted by Crippen LogP contribution is 2.38. The van der Waals surface area contributed by atoms with Gasteiger partial charge in [-0.2, -0.15) is 5.26 Å². The van der Waals surface area contributed by atoms with Gasteiger partial charge in [-0.25, -0.2) is 4.98 Å². The first-order valence-corrected chi connectivity index (χ1v) is 8.43. The Morgan fingerprint density at radius 3 is 2.61 bits per heavy atom. The minimum Gasteiger partial charge on any atom is -0.329 e. The van der Waals surface area contributed by atoms with E-state index in [0.717, 1.165) is 28.6 Å². The van der Waals surface area contributed by atoms with E-state index < -0.39 is 5.41 Å². The van der Waals surface area contributed by atoms with Gasteiger partial charge in [0.2, 0.25) is 5.91 Å². The molecule has 0 saturated heterocycles. The molecule has 6 heteroatoms. The highest BCUT2D eigenvalue weighted by atomic mass is 32.2. The molecular formula is C17H18N4OS. The molecule has 3 rings (SSSR count). The number of nitriles is 1. The number of carbonyl (C=O) groups excluding carboxylic acids is 1. The Labute approximate surface area is 139 Å². The van der Waals surface area contributed by atoms with Gasteiger partial charge >= 0.3 is 0 Å². The number of anilines is 1. The third kappa shape index (κ3) is 3.25. The molecule has 0 bridgehead atoms. The Morgan fingerprint density at radius 2 is 2.04 bits per heavy atom. The SMILES string of the molecule is Cn1ccnc1Sc1ccc(NC(=O)C2(C#N)CCCC2)cc1. The number of hydrogen-bond acceptors (Lipinski definition) is 4. The van der Waals surface area contributed by atoms with Crippen molar-refractivity contribution in [2.75, 3.05) is 5.32 Å². The molecule has 0 aliphatic heterocycles. The third-order valence-corrected chi connectivity index (χ3v) is 5.29.